The van der Waals surface area contributed by atoms with Crippen LogP contribution in [0.25, 0.3) is 10.2 Å². The number of ketones is 1. The lowest BCUT2D eigenvalue weighted by Gasteiger charge is -2.28. The van der Waals surface area contributed by atoms with Crippen molar-refractivity contribution in [1.29, 1.82) is 0 Å². The van der Waals surface area contributed by atoms with Crippen LogP contribution in [-0.4, -0.2) is 34.7 Å². The summed E-state index contributed by atoms with van der Waals surface area (Å²) in [5, 5.41) is 7.04. The zero-order valence-electron chi connectivity index (χ0n) is 17.7. The van der Waals surface area contributed by atoms with Crippen LogP contribution in [0.1, 0.15) is 49.5 Å². The lowest BCUT2D eigenvalue weighted by Crippen LogP contribution is -2.26. The normalized spacial score (nSPS) is 18.5. The fourth-order valence-electron chi connectivity index (χ4n) is 3.99. The van der Waals surface area contributed by atoms with E-state index in [1.54, 1.807) is 43.6 Å². The molecule has 0 spiro atoms. The average Bonchev–Trinajstić information content (AvgIpc) is 3.16. The van der Waals surface area contributed by atoms with E-state index in [0.717, 1.165) is 41.0 Å². The number of Topliss-reactive ketones (excluding diaryl/α,β-unsaturated/α-hetero) is 1. The maximum atomic E-state index is 11.8. The van der Waals surface area contributed by atoms with Crippen LogP contribution in [-0.2, 0) is 4.79 Å². The molecule has 1 fully saturated rings. The summed E-state index contributed by atoms with van der Waals surface area (Å²) in [7, 11) is 1.57. The predicted octanol–water partition coefficient (Wildman–Crippen LogP) is 4.79. The van der Waals surface area contributed by atoms with Gasteiger partial charge in [-0.05, 0) is 56.7 Å². The second-order valence-electron chi connectivity index (χ2n) is 7.97. The lowest BCUT2D eigenvalue weighted by molar-refractivity contribution is -0.118. The number of pyridine rings is 1. The van der Waals surface area contributed by atoms with Crippen molar-refractivity contribution in [3.8, 4) is 11.5 Å². The van der Waals surface area contributed by atoms with Gasteiger partial charge in [-0.2, -0.15) is 0 Å². The van der Waals surface area contributed by atoms with Crippen LogP contribution in [0.15, 0.2) is 36.5 Å². The molecule has 0 unspecified atom stereocenters. The Hall–Kier alpha value is -3.00. The summed E-state index contributed by atoms with van der Waals surface area (Å²) >= 11 is 1.61. The molecule has 1 saturated carbocycles. The van der Waals surface area contributed by atoms with Crippen LogP contribution in [0.2, 0.25) is 0 Å². The molecule has 1 aliphatic carbocycles. The summed E-state index contributed by atoms with van der Waals surface area (Å²) in [5.41, 5.74) is 1.23. The third-order valence-electron chi connectivity index (χ3n) is 5.54. The van der Waals surface area contributed by atoms with E-state index in [9.17, 15) is 9.59 Å². The first-order valence-corrected chi connectivity index (χ1v) is 11.3. The molecule has 1 amide bonds. The van der Waals surface area contributed by atoms with Crippen molar-refractivity contribution < 1.29 is 14.3 Å². The van der Waals surface area contributed by atoms with Gasteiger partial charge in [0.25, 0.3) is 5.91 Å². The van der Waals surface area contributed by atoms with Crippen LogP contribution >= 0.6 is 11.3 Å². The Morgan fingerprint density at radius 1 is 1.13 bits per heavy atom. The zero-order valence-corrected chi connectivity index (χ0v) is 18.5. The smallest absolute Gasteiger partial charge is 0.269 e. The van der Waals surface area contributed by atoms with Gasteiger partial charge in [0.1, 0.15) is 23.0 Å². The lowest BCUT2D eigenvalue weighted by atomic mass is 9.83. The standard InChI is InChI=1S/C23H26N4O3S/c1-14(28)11-15-3-5-16(6-4-15)26-23-27-19-8-7-17(13-21(19)31-23)30-18-9-10-25-20(12-18)22(29)24-2/h7-10,12-13,15-16H,3-6,11H2,1-2H3,(H,24,29)(H,26,27). The highest BCUT2D eigenvalue weighted by Gasteiger charge is 2.22. The summed E-state index contributed by atoms with van der Waals surface area (Å²) in [4.78, 5) is 31.9. The first-order valence-electron chi connectivity index (χ1n) is 10.5. The van der Waals surface area contributed by atoms with E-state index >= 15 is 0 Å². The van der Waals surface area contributed by atoms with Gasteiger partial charge >= 0.3 is 0 Å². The van der Waals surface area contributed by atoms with Gasteiger partial charge in [0.05, 0.1) is 10.2 Å². The van der Waals surface area contributed by atoms with Crippen molar-refractivity contribution in [3.63, 3.8) is 0 Å². The Morgan fingerprint density at radius 2 is 1.90 bits per heavy atom. The molecule has 2 heterocycles. The van der Waals surface area contributed by atoms with Crippen LogP contribution in [0.3, 0.4) is 0 Å². The Morgan fingerprint density at radius 3 is 2.65 bits per heavy atom. The SMILES string of the molecule is CNC(=O)c1cc(Oc2ccc3nc(NC4CCC(CC(C)=O)CC4)sc3c2)ccn1. The molecule has 0 atom stereocenters. The maximum Gasteiger partial charge on any atom is 0.269 e. The van der Waals surface area contributed by atoms with Gasteiger partial charge in [-0.1, -0.05) is 11.3 Å². The van der Waals surface area contributed by atoms with Crippen molar-refractivity contribution in [3.05, 3.63) is 42.2 Å². The number of nitrogens with one attached hydrogen (secondary N) is 2. The van der Waals surface area contributed by atoms with Crippen molar-refractivity contribution in [2.24, 2.45) is 5.92 Å². The van der Waals surface area contributed by atoms with E-state index in [1.165, 1.54) is 0 Å². The number of amides is 1. The summed E-state index contributed by atoms with van der Waals surface area (Å²) in [6.07, 6.45) is 6.57. The number of carbonyl (C=O) groups is 2. The molecule has 1 aliphatic rings. The maximum absolute atomic E-state index is 11.8. The molecule has 0 bridgehead atoms. The van der Waals surface area contributed by atoms with Gasteiger partial charge in [-0.3, -0.25) is 9.78 Å². The van der Waals surface area contributed by atoms with E-state index in [0.29, 0.717) is 35.6 Å². The number of hydrogen-bond donors (Lipinski definition) is 2. The predicted molar refractivity (Wildman–Crippen MR) is 122 cm³/mol. The topological polar surface area (TPSA) is 93.2 Å². The fourth-order valence-corrected chi connectivity index (χ4v) is 4.96. The van der Waals surface area contributed by atoms with E-state index < -0.39 is 0 Å². The third kappa shape index (κ3) is 5.38. The largest absolute Gasteiger partial charge is 0.457 e. The molecule has 0 aliphatic heterocycles. The Labute approximate surface area is 185 Å². The summed E-state index contributed by atoms with van der Waals surface area (Å²) in [6, 6.07) is 9.51. The van der Waals surface area contributed by atoms with Crippen molar-refractivity contribution in [2.75, 3.05) is 12.4 Å². The highest BCUT2D eigenvalue weighted by atomic mass is 32.1. The molecule has 162 valence electrons. The van der Waals surface area contributed by atoms with Gasteiger partial charge in [0.15, 0.2) is 5.13 Å². The summed E-state index contributed by atoms with van der Waals surface area (Å²) in [5.74, 6) is 1.80. The molecule has 2 aromatic heterocycles. The van der Waals surface area contributed by atoms with Crippen LogP contribution < -0.4 is 15.4 Å². The summed E-state index contributed by atoms with van der Waals surface area (Å²) < 4.78 is 6.97. The number of hydrogen-bond acceptors (Lipinski definition) is 7. The van der Waals surface area contributed by atoms with Gasteiger partial charge in [-0.15, -0.1) is 0 Å². The van der Waals surface area contributed by atoms with Crippen molar-refractivity contribution in [2.45, 2.75) is 45.1 Å². The third-order valence-corrected chi connectivity index (χ3v) is 6.49. The van der Waals surface area contributed by atoms with E-state index in [-0.39, 0.29) is 11.7 Å². The van der Waals surface area contributed by atoms with Crippen LogP contribution in [0.4, 0.5) is 5.13 Å². The Kier molecular flexibility index (Phi) is 6.46. The molecule has 2 N–H and O–H groups in total. The minimum absolute atomic E-state index is 0.255. The number of aromatic nitrogens is 2. The number of benzene rings is 1. The molecule has 3 aromatic rings. The quantitative estimate of drug-likeness (QED) is 0.551. The van der Waals surface area contributed by atoms with Gasteiger partial charge < -0.3 is 20.2 Å². The van der Waals surface area contributed by atoms with Crippen molar-refractivity contribution in [1.82, 2.24) is 15.3 Å². The number of nitrogens with zero attached hydrogens (tertiary/aromatic N) is 2. The second-order valence-corrected chi connectivity index (χ2v) is 9.01. The Bertz CT molecular complexity index is 1090. The molecule has 0 saturated heterocycles. The molecular weight excluding hydrogens is 412 g/mol. The minimum atomic E-state index is -0.255. The summed E-state index contributed by atoms with van der Waals surface area (Å²) in [6.45, 7) is 1.68. The monoisotopic (exact) mass is 438 g/mol. The van der Waals surface area contributed by atoms with Gasteiger partial charge in [0.2, 0.25) is 0 Å². The molecular formula is C23H26N4O3S. The number of ether oxygens (including phenoxy) is 1. The van der Waals surface area contributed by atoms with Crippen molar-refractivity contribution >= 4 is 38.4 Å². The number of rotatable bonds is 7. The number of thiazole rings is 1. The minimum Gasteiger partial charge on any atom is -0.457 e. The molecule has 0 radical (unpaired) electrons. The number of anilines is 1. The molecule has 4 rings (SSSR count). The number of carbonyl (C=O) groups excluding carboxylic acids is 2. The molecule has 1 aromatic carbocycles. The second kappa shape index (κ2) is 9.43. The number of fused-ring (bicyclic) bond motifs is 1. The molecule has 8 heteroatoms. The highest BCUT2D eigenvalue weighted by Crippen LogP contribution is 2.34. The highest BCUT2D eigenvalue weighted by molar-refractivity contribution is 7.22. The average molecular weight is 439 g/mol. The van der Waals surface area contributed by atoms with E-state index in [1.807, 2.05) is 18.2 Å². The Balaban J connectivity index is 1.41. The van der Waals surface area contributed by atoms with Gasteiger partial charge in [-0.25, -0.2) is 4.98 Å². The molecule has 31 heavy (non-hydrogen) atoms. The fraction of sp³-hybridized carbons (Fsp3) is 0.391. The van der Waals surface area contributed by atoms with Gasteiger partial charge in [0, 0.05) is 37.8 Å². The van der Waals surface area contributed by atoms with E-state index in [4.69, 9.17) is 9.72 Å². The van der Waals surface area contributed by atoms with Crippen LogP contribution in [0, 0.1) is 5.92 Å². The first kappa shape index (κ1) is 21.2. The first-order chi connectivity index (χ1) is 15.0. The molecule has 7 nitrogen and oxygen atoms in total. The van der Waals surface area contributed by atoms with E-state index in [2.05, 4.69) is 15.6 Å². The van der Waals surface area contributed by atoms with Crippen LogP contribution in [0.5, 0.6) is 11.5 Å². The zero-order chi connectivity index (χ0) is 21.8.